The minimum Gasteiger partial charge on any atom is -0.443 e. The van der Waals surface area contributed by atoms with Crippen LogP contribution in [0.4, 0.5) is 0 Å². The van der Waals surface area contributed by atoms with E-state index < -0.39 is 0 Å². The molecule has 6 heteroatoms. The SMILES string of the molecule is N[C@@H](Cc1cccc(-c2ncco2)n1)c1ccccc1-c1noc2ccccc12. The highest BCUT2D eigenvalue weighted by Gasteiger charge is 2.18. The number of nitrogens with zero attached hydrogens (tertiary/aromatic N) is 3. The molecule has 0 aliphatic rings. The lowest BCUT2D eigenvalue weighted by molar-refractivity contribution is 0.459. The number of oxazole rings is 1. The molecule has 29 heavy (non-hydrogen) atoms. The van der Waals surface area contributed by atoms with Crippen molar-refractivity contribution in [1.82, 2.24) is 15.1 Å². The fourth-order valence-corrected chi connectivity index (χ4v) is 3.51. The molecular weight excluding hydrogens is 364 g/mol. The van der Waals surface area contributed by atoms with Crippen LogP contribution in [-0.2, 0) is 6.42 Å². The van der Waals surface area contributed by atoms with Gasteiger partial charge < -0.3 is 14.7 Å². The average molecular weight is 382 g/mol. The number of fused-ring (bicyclic) bond motifs is 1. The molecule has 142 valence electrons. The van der Waals surface area contributed by atoms with Crippen LogP contribution in [0.5, 0.6) is 0 Å². The summed E-state index contributed by atoms with van der Waals surface area (Å²) in [5, 5.41) is 5.27. The van der Waals surface area contributed by atoms with Gasteiger partial charge in [0.15, 0.2) is 5.58 Å². The first-order valence-corrected chi connectivity index (χ1v) is 9.35. The largest absolute Gasteiger partial charge is 0.443 e. The number of benzene rings is 2. The molecule has 0 spiro atoms. The van der Waals surface area contributed by atoms with E-state index in [0.717, 1.165) is 33.5 Å². The second kappa shape index (κ2) is 7.33. The zero-order valence-electron chi connectivity index (χ0n) is 15.5. The van der Waals surface area contributed by atoms with Crippen LogP contribution in [0.25, 0.3) is 33.8 Å². The van der Waals surface area contributed by atoms with E-state index in [-0.39, 0.29) is 6.04 Å². The lowest BCUT2D eigenvalue weighted by atomic mass is 9.94. The van der Waals surface area contributed by atoms with Crippen LogP contribution in [0.2, 0.25) is 0 Å². The van der Waals surface area contributed by atoms with Gasteiger partial charge in [0, 0.05) is 29.1 Å². The van der Waals surface area contributed by atoms with Gasteiger partial charge in [-0.25, -0.2) is 9.97 Å². The summed E-state index contributed by atoms with van der Waals surface area (Å²) in [7, 11) is 0. The normalized spacial score (nSPS) is 12.3. The van der Waals surface area contributed by atoms with E-state index >= 15 is 0 Å². The Morgan fingerprint density at radius 1 is 0.931 bits per heavy atom. The highest BCUT2D eigenvalue weighted by atomic mass is 16.5. The Morgan fingerprint density at radius 2 is 1.79 bits per heavy atom. The molecule has 3 heterocycles. The summed E-state index contributed by atoms with van der Waals surface area (Å²) in [6, 6.07) is 21.4. The molecule has 5 aromatic rings. The maximum Gasteiger partial charge on any atom is 0.244 e. The van der Waals surface area contributed by atoms with Gasteiger partial charge in [0.1, 0.15) is 17.7 Å². The second-order valence-electron chi connectivity index (χ2n) is 6.78. The van der Waals surface area contributed by atoms with E-state index in [0.29, 0.717) is 18.0 Å². The van der Waals surface area contributed by atoms with Crippen molar-refractivity contribution in [2.75, 3.05) is 0 Å². The summed E-state index contributed by atoms with van der Waals surface area (Å²) in [5.74, 6) is 0.495. The molecule has 6 nitrogen and oxygen atoms in total. The van der Waals surface area contributed by atoms with Crippen molar-refractivity contribution < 1.29 is 8.94 Å². The number of para-hydroxylation sites is 1. The van der Waals surface area contributed by atoms with Crippen LogP contribution >= 0.6 is 0 Å². The molecule has 0 aliphatic heterocycles. The fourth-order valence-electron chi connectivity index (χ4n) is 3.51. The second-order valence-corrected chi connectivity index (χ2v) is 6.78. The molecule has 1 atom stereocenters. The molecule has 0 unspecified atom stereocenters. The Balaban J connectivity index is 1.49. The molecule has 0 aliphatic carbocycles. The molecular formula is C23H18N4O2. The van der Waals surface area contributed by atoms with Gasteiger partial charge in [0.2, 0.25) is 5.89 Å². The smallest absolute Gasteiger partial charge is 0.244 e. The zero-order chi connectivity index (χ0) is 19.6. The number of nitrogens with two attached hydrogens (primary N) is 1. The molecule has 0 saturated heterocycles. The van der Waals surface area contributed by atoms with Gasteiger partial charge in [-0.05, 0) is 29.8 Å². The van der Waals surface area contributed by atoms with Crippen molar-refractivity contribution in [2.45, 2.75) is 12.5 Å². The standard InChI is InChI=1S/C23H18N4O2/c24-19(14-15-6-5-10-20(26-15)23-25-12-13-28-23)16-7-1-2-8-17(16)22-18-9-3-4-11-21(18)29-27-22/h1-13,19H,14,24H2/t19-/m0/s1. The van der Waals surface area contributed by atoms with Crippen LogP contribution in [0, 0.1) is 0 Å². The number of pyridine rings is 1. The lowest BCUT2D eigenvalue weighted by Crippen LogP contribution is -2.15. The Hall–Kier alpha value is -3.77. The predicted octanol–water partition coefficient (Wildman–Crippen LogP) is 4.79. The molecule has 5 rings (SSSR count). The monoisotopic (exact) mass is 382 g/mol. The quantitative estimate of drug-likeness (QED) is 0.470. The van der Waals surface area contributed by atoms with Crippen molar-refractivity contribution in [1.29, 1.82) is 0 Å². The van der Waals surface area contributed by atoms with Crippen molar-refractivity contribution in [3.8, 4) is 22.8 Å². The Kier molecular flexibility index (Phi) is 4.38. The number of hydrogen-bond donors (Lipinski definition) is 1. The molecule has 0 radical (unpaired) electrons. The topological polar surface area (TPSA) is 91.0 Å². The average Bonchev–Trinajstić information content (AvgIpc) is 3.44. The number of rotatable bonds is 5. The van der Waals surface area contributed by atoms with E-state index in [1.807, 2.05) is 66.7 Å². The molecule has 0 amide bonds. The third-order valence-corrected chi connectivity index (χ3v) is 4.88. The van der Waals surface area contributed by atoms with E-state index in [2.05, 4.69) is 15.1 Å². The number of hydrogen-bond acceptors (Lipinski definition) is 6. The van der Waals surface area contributed by atoms with Crippen molar-refractivity contribution in [3.63, 3.8) is 0 Å². The minimum absolute atomic E-state index is 0.256. The Labute approximate surface area is 167 Å². The highest BCUT2D eigenvalue weighted by molar-refractivity contribution is 5.92. The summed E-state index contributed by atoms with van der Waals surface area (Å²) in [4.78, 5) is 8.82. The Bertz CT molecular complexity index is 1260. The van der Waals surface area contributed by atoms with E-state index in [1.54, 1.807) is 6.20 Å². The fraction of sp³-hybridized carbons (Fsp3) is 0.0870. The van der Waals surface area contributed by atoms with Crippen molar-refractivity contribution >= 4 is 11.0 Å². The van der Waals surface area contributed by atoms with Gasteiger partial charge in [0.25, 0.3) is 0 Å². The van der Waals surface area contributed by atoms with E-state index in [9.17, 15) is 0 Å². The summed E-state index contributed by atoms with van der Waals surface area (Å²) in [6.07, 6.45) is 3.71. The molecule has 0 bridgehead atoms. The van der Waals surface area contributed by atoms with Crippen LogP contribution in [-0.4, -0.2) is 15.1 Å². The van der Waals surface area contributed by atoms with Crippen LogP contribution in [0.15, 0.2) is 88.1 Å². The predicted molar refractivity (Wildman–Crippen MR) is 110 cm³/mol. The lowest BCUT2D eigenvalue weighted by Gasteiger charge is -2.15. The first-order chi connectivity index (χ1) is 14.3. The zero-order valence-corrected chi connectivity index (χ0v) is 15.5. The molecule has 2 aromatic carbocycles. The summed E-state index contributed by atoms with van der Waals surface area (Å²) < 4.78 is 10.8. The maximum atomic E-state index is 6.61. The van der Waals surface area contributed by atoms with Gasteiger partial charge in [-0.3, -0.25) is 0 Å². The summed E-state index contributed by atoms with van der Waals surface area (Å²) >= 11 is 0. The third-order valence-electron chi connectivity index (χ3n) is 4.88. The summed E-state index contributed by atoms with van der Waals surface area (Å²) in [6.45, 7) is 0. The third kappa shape index (κ3) is 3.30. The van der Waals surface area contributed by atoms with Crippen molar-refractivity contribution in [2.24, 2.45) is 5.73 Å². The van der Waals surface area contributed by atoms with Crippen LogP contribution in [0.1, 0.15) is 17.3 Å². The van der Waals surface area contributed by atoms with E-state index in [1.165, 1.54) is 6.26 Å². The molecule has 3 aromatic heterocycles. The molecule has 0 saturated carbocycles. The van der Waals surface area contributed by atoms with Crippen LogP contribution < -0.4 is 5.73 Å². The van der Waals surface area contributed by atoms with Gasteiger partial charge in [-0.1, -0.05) is 47.6 Å². The van der Waals surface area contributed by atoms with Gasteiger partial charge in [0.05, 0.1) is 6.20 Å². The molecule has 2 N–H and O–H groups in total. The number of aromatic nitrogens is 3. The van der Waals surface area contributed by atoms with Crippen LogP contribution in [0.3, 0.4) is 0 Å². The Morgan fingerprint density at radius 3 is 2.69 bits per heavy atom. The van der Waals surface area contributed by atoms with Gasteiger partial charge in [-0.2, -0.15) is 0 Å². The van der Waals surface area contributed by atoms with E-state index in [4.69, 9.17) is 14.7 Å². The first kappa shape index (κ1) is 17.3. The highest BCUT2D eigenvalue weighted by Crippen LogP contribution is 2.33. The maximum absolute atomic E-state index is 6.61. The van der Waals surface area contributed by atoms with Gasteiger partial charge in [-0.15, -0.1) is 0 Å². The minimum atomic E-state index is -0.256. The van der Waals surface area contributed by atoms with Crippen molar-refractivity contribution in [3.05, 3.63) is 90.4 Å². The summed E-state index contributed by atoms with van der Waals surface area (Å²) in [5.41, 5.74) is 11.7. The van der Waals surface area contributed by atoms with Gasteiger partial charge >= 0.3 is 0 Å². The molecule has 0 fully saturated rings. The first-order valence-electron chi connectivity index (χ1n) is 9.35.